The first-order chi connectivity index (χ1) is 14.0. The number of ether oxygens (including phenoxy) is 1. The van der Waals surface area contributed by atoms with E-state index in [-0.39, 0.29) is 18.1 Å². The van der Waals surface area contributed by atoms with Gasteiger partial charge in [0.15, 0.2) is 0 Å². The number of hydrogen-bond donors (Lipinski definition) is 2. The molecule has 1 aromatic heterocycles. The van der Waals surface area contributed by atoms with Gasteiger partial charge < -0.3 is 20.1 Å². The Kier molecular flexibility index (Phi) is 4.46. The molecule has 1 aromatic carbocycles. The van der Waals surface area contributed by atoms with Crippen molar-refractivity contribution in [3.05, 3.63) is 51.7 Å². The second-order valence-corrected chi connectivity index (χ2v) is 8.49. The van der Waals surface area contributed by atoms with Crippen molar-refractivity contribution in [1.29, 1.82) is 0 Å². The van der Waals surface area contributed by atoms with Crippen molar-refractivity contribution in [3.63, 3.8) is 0 Å². The fraction of sp³-hybridized carbons (Fsp3) is 0.478. The van der Waals surface area contributed by atoms with Crippen molar-refractivity contribution in [2.45, 2.75) is 58.3 Å². The third-order valence-electron chi connectivity index (χ3n) is 6.58. The van der Waals surface area contributed by atoms with Gasteiger partial charge in [-0.25, -0.2) is 4.98 Å². The van der Waals surface area contributed by atoms with Gasteiger partial charge in [-0.3, -0.25) is 4.79 Å². The number of carbonyl (C=O) groups is 1. The van der Waals surface area contributed by atoms with Crippen LogP contribution in [-0.2, 0) is 19.4 Å². The fourth-order valence-electron chi connectivity index (χ4n) is 4.85. The number of rotatable bonds is 3. The first-order valence-electron chi connectivity index (χ1n) is 10.5. The van der Waals surface area contributed by atoms with Gasteiger partial charge in [0.1, 0.15) is 17.7 Å². The van der Waals surface area contributed by atoms with Crippen molar-refractivity contribution in [1.82, 2.24) is 10.3 Å². The fourth-order valence-corrected chi connectivity index (χ4v) is 4.85. The molecule has 1 amide bonds. The van der Waals surface area contributed by atoms with Crippen LogP contribution in [0.5, 0.6) is 5.75 Å². The van der Waals surface area contributed by atoms with E-state index in [1.807, 2.05) is 13.0 Å². The SMILES string of the molecule is Cc1c(N2CCC(Oc3ccc4c(c3)CC(O)C4)CC2)nc2c(c1C)C(=O)NC2. The van der Waals surface area contributed by atoms with Gasteiger partial charge in [0, 0.05) is 25.9 Å². The number of amides is 1. The van der Waals surface area contributed by atoms with E-state index in [0.29, 0.717) is 6.54 Å². The molecule has 3 heterocycles. The van der Waals surface area contributed by atoms with Crippen LogP contribution in [0, 0.1) is 13.8 Å². The van der Waals surface area contributed by atoms with Crippen LogP contribution in [0.4, 0.5) is 5.82 Å². The number of anilines is 1. The van der Waals surface area contributed by atoms with Crippen molar-refractivity contribution >= 4 is 11.7 Å². The van der Waals surface area contributed by atoms with Crippen LogP contribution in [0.3, 0.4) is 0 Å². The molecule has 1 saturated heterocycles. The zero-order valence-electron chi connectivity index (χ0n) is 17.0. The summed E-state index contributed by atoms with van der Waals surface area (Å²) in [5, 5.41) is 12.7. The maximum atomic E-state index is 12.0. The number of nitrogens with zero attached hydrogens (tertiary/aromatic N) is 2. The monoisotopic (exact) mass is 393 g/mol. The Morgan fingerprint density at radius 3 is 2.69 bits per heavy atom. The van der Waals surface area contributed by atoms with Crippen LogP contribution in [0.2, 0.25) is 0 Å². The molecule has 3 aliphatic rings. The molecule has 1 unspecified atom stereocenters. The maximum Gasteiger partial charge on any atom is 0.253 e. The van der Waals surface area contributed by atoms with Crippen LogP contribution >= 0.6 is 0 Å². The number of fused-ring (bicyclic) bond motifs is 2. The Hall–Kier alpha value is -2.60. The van der Waals surface area contributed by atoms with Gasteiger partial charge >= 0.3 is 0 Å². The van der Waals surface area contributed by atoms with Gasteiger partial charge in [-0.15, -0.1) is 0 Å². The summed E-state index contributed by atoms with van der Waals surface area (Å²) in [5.74, 6) is 1.90. The standard InChI is InChI=1S/C23H27N3O3/c1-13-14(2)22(25-20-12-24-23(28)21(13)20)26-7-5-18(6-8-26)29-19-4-3-15-9-17(27)10-16(15)11-19/h3-4,11,17-18,27H,5-10,12H2,1-2H3,(H,24,28). The third-order valence-corrected chi connectivity index (χ3v) is 6.58. The Morgan fingerprint density at radius 1 is 1.14 bits per heavy atom. The Labute approximate surface area is 170 Å². The Balaban J connectivity index is 1.26. The van der Waals surface area contributed by atoms with Crippen LogP contribution in [0.1, 0.15) is 51.1 Å². The van der Waals surface area contributed by atoms with Gasteiger partial charge in [-0.2, -0.15) is 0 Å². The number of pyridine rings is 1. The molecule has 0 saturated carbocycles. The zero-order chi connectivity index (χ0) is 20.1. The highest BCUT2D eigenvalue weighted by atomic mass is 16.5. The molecule has 1 atom stereocenters. The third kappa shape index (κ3) is 3.25. The summed E-state index contributed by atoms with van der Waals surface area (Å²) in [6.07, 6.45) is 3.30. The lowest BCUT2D eigenvalue weighted by Gasteiger charge is -2.34. The van der Waals surface area contributed by atoms with Gasteiger partial charge in [0.2, 0.25) is 0 Å². The van der Waals surface area contributed by atoms with Crippen LogP contribution < -0.4 is 15.0 Å². The summed E-state index contributed by atoms with van der Waals surface area (Å²) in [7, 11) is 0. The average molecular weight is 393 g/mol. The van der Waals surface area contributed by atoms with E-state index in [1.54, 1.807) is 0 Å². The quantitative estimate of drug-likeness (QED) is 0.838. The number of carbonyl (C=O) groups excluding carboxylic acids is 1. The summed E-state index contributed by atoms with van der Waals surface area (Å²) in [6, 6.07) is 6.21. The topological polar surface area (TPSA) is 74.7 Å². The predicted octanol–water partition coefficient (Wildman–Crippen LogP) is 2.45. The molecule has 2 N–H and O–H groups in total. The number of aromatic nitrogens is 1. The molecule has 6 heteroatoms. The second kappa shape index (κ2) is 7.02. The number of aliphatic hydroxyl groups excluding tert-OH is 1. The minimum atomic E-state index is -0.250. The lowest BCUT2D eigenvalue weighted by Crippen LogP contribution is -2.39. The van der Waals surface area contributed by atoms with Crippen molar-refractivity contribution < 1.29 is 14.6 Å². The minimum Gasteiger partial charge on any atom is -0.490 e. The number of benzene rings is 1. The lowest BCUT2D eigenvalue weighted by molar-refractivity contribution is 0.0965. The summed E-state index contributed by atoms with van der Waals surface area (Å²) in [6.45, 7) is 6.38. The number of hydrogen-bond acceptors (Lipinski definition) is 5. The molecule has 0 bridgehead atoms. The highest BCUT2D eigenvalue weighted by Gasteiger charge is 2.29. The van der Waals surface area contributed by atoms with Crippen LogP contribution in [-0.4, -0.2) is 41.3 Å². The Morgan fingerprint density at radius 2 is 1.90 bits per heavy atom. The van der Waals surface area contributed by atoms with Crippen molar-refractivity contribution in [2.24, 2.45) is 0 Å². The molecule has 152 valence electrons. The summed E-state index contributed by atoms with van der Waals surface area (Å²) in [5.41, 5.74) is 6.21. The normalized spacial score (nSPS) is 21.1. The second-order valence-electron chi connectivity index (χ2n) is 8.49. The van der Waals surface area contributed by atoms with E-state index in [4.69, 9.17) is 9.72 Å². The van der Waals surface area contributed by atoms with Gasteiger partial charge in [0.25, 0.3) is 5.91 Å². The maximum absolute atomic E-state index is 12.0. The van der Waals surface area contributed by atoms with Crippen molar-refractivity contribution in [3.8, 4) is 5.75 Å². The van der Waals surface area contributed by atoms with Crippen LogP contribution in [0.15, 0.2) is 18.2 Å². The van der Waals surface area contributed by atoms with Crippen LogP contribution in [0.25, 0.3) is 0 Å². The highest BCUT2D eigenvalue weighted by Crippen LogP contribution is 2.31. The number of nitrogens with one attached hydrogen (secondary N) is 1. The molecule has 2 aromatic rings. The molecule has 1 fully saturated rings. The Bertz CT molecular complexity index is 980. The summed E-state index contributed by atoms with van der Waals surface area (Å²) < 4.78 is 6.26. The molecule has 0 spiro atoms. The largest absolute Gasteiger partial charge is 0.490 e. The number of aliphatic hydroxyl groups is 1. The van der Waals surface area contributed by atoms with E-state index in [9.17, 15) is 9.90 Å². The minimum absolute atomic E-state index is 0.00590. The molecule has 2 aliphatic heterocycles. The van der Waals surface area contributed by atoms with Gasteiger partial charge in [0.05, 0.1) is 23.9 Å². The predicted molar refractivity (Wildman–Crippen MR) is 111 cm³/mol. The molecular weight excluding hydrogens is 366 g/mol. The summed E-state index contributed by atoms with van der Waals surface area (Å²) in [4.78, 5) is 19.2. The van der Waals surface area contributed by atoms with E-state index in [2.05, 4.69) is 29.3 Å². The van der Waals surface area contributed by atoms with E-state index in [1.165, 1.54) is 11.1 Å². The molecule has 1 aliphatic carbocycles. The number of piperidine rings is 1. The van der Waals surface area contributed by atoms with E-state index < -0.39 is 0 Å². The van der Waals surface area contributed by atoms with E-state index >= 15 is 0 Å². The highest BCUT2D eigenvalue weighted by molar-refractivity contribution is 5.99. The van der Waals surface area contributed by atoms with E-state index in [0.717, 1.165) is 72.7 Å². The molecular formula is C23H27N3O3. The summed E-state index contributed by atoms with van der Waals surface area (Å²) >= 11 is 0. The first kappa shape index (κ1) is 18.4. The molecule has 0 radical (unpaired) electrons. The molecule has 6 nitrogen and oxygen atoms in total. The average Bonchev–Trinajstić information content (AvgIpc) is 3.26. The first-order valence-corrected chi connectivity index (χ1v) is 10.5. The van der Waals surface area contributed by atoms with Crippen molar-refractivity contribution in [2.75, 3.05) is 18.0 Å². The molecule has 5 rings (SSSR count). The smallest absolute Gasteiger partial charge is 0.253 e. The van der Waals surface area contributed by atoms with Gasteiger partial charge in [-0.05, 0) is 61.1 Å². The van der Waals surface area contributed by atoms with Gasteiger partial charge in [-0.1, -0.05) is 6.07 Å². The lowest BCUT2D eigenvalue weighted by atomic mass is 10.0. The zero-order valence-corrected chi connectivity index (χ0v) is 17.0. The molecule has 29 heavy (non-hydrogen) atoms.